The fourth-order valence-electron chi connectivity index (χ4n) is 4.12. The van der Waals surface area contributed by atoms with Gasteiger partial charge in [-0.25, -0.2) is 8.42 Å². The molecule has 1 amide bonds. The Morgan fingerprint density at radius 2 is 1.89 bits per heavy atom. The second kappa shape index (κ2) is 8.06. The number of benzene rings is 1. The monoisotopic (exact) mass is 421 g/mol. The van der Waals surface area contributed by atoms with Crippen molar-refractivity contribution >= 4 is 38.4 Å². The van der Waals surface area contributed by atoms with E-state index in [1.807, 2.05) is 25.1 Å². The van der Waals surface area contributed by atoms with Crippen LogP contribution in [0.5, 0.6) is 0 Å². The van der Waals surface area contributed by atoms with Crippen LogP contribution in [0.15, 0.2) is 23.2 Å². The zero-order valence-electron chi connectivity index (χ0n) is 16.1. The number of thioether (sulfide) groups is 1. The maximum absolute atomic E-state index is 12.7. The summed E-state index contributed by atoms with van der Waals surface area (Å²) in [5, 5.41) is 7.25. The van der Waals surface area contributed by atoms with E-state index >= 15 is 0 Å². The zero-order chi connectivity index (χ0) is 19.7. The molecule has 1 aromatic rings. The zero-order valence-corrected chi connectivity index (χ0v) is 17.7. The summed E-state index contributed by atoms with van der Waals surface area (Å²) in [5.41, 5.74) is 2.52. The number of amides is 1. The van der Waals surface area contributed by atoms with Gasteiger partial charge >= 0.3 is 0 Å². The number of aryl methyl sites for hydroxylation is 1. The number of carbonyl (C=O) groups excluding carboxylic acids is 1. The van der Waals surface area contributed by atoms with Crippen LogP contribution in [0.2, 0.25) is 0 Å². The van der Waals surface area contributed by atoms with Crippen molar-refractivity contribution in [3.8, 4) is 0 Å². The van der Waals surface area contributed by atoms with Crippen molar-refractivity contribution in [2.24, 2.45) is 4.99 Å². The number of hydrogen-bond donors (Lipinski definition) is 2. The Kier molecular flexibility index (Phi) is 5.69. The molecule has 28 heavy (non-hydrogen) atoms. The van der Waals surface area contributed by atoms with E-state index in [1.165, 1.54) is 37.4 Å². The summed E-state index contributed by atoms with van der Waals surface area (Å²) in [6.07, 6.45) is 6.99. The summed E-state index contributed by atoms with van der Waals surface area (Å²) in [6.45, 7) is 1.99. The lowest BCUT2D eigenvalue weighted by Gasteiger charge is -2.17. The minimum absolute atomic E-state index is 0.00882. The Morgan fingerprint density at radius 3 is 2.61 bits per heavy atom. The second-order valence-corrected chi connectivity index (χ2v) is 11.4. The molecular formula is C20H27N3O3S2. The lowest BCUT2D eigenvalue weighted by atomic mass is 10.1. The molecule has 0 spiro atoms. The molecule has 0 unspecified atom stereocenters. The van der Waals surface area contributed by atoms with Crippen molar-refractivity contribution in [3.63, 3.8) is 0 Å². The van der Waals surface area contributed by atoms with Crippen molar-refractivity contribution in [1.82, 2.24) is 5.32 Å². The fraction of sp³-hybridized carbons (Fsp3) is 0.600. The van der Waals surface area contributed by atoms with Crippen LogP contribution in [0.1, 0.15) is 54.4 Å². The molecule has 0 aromatic heterocycles. The minimum Gasteiger partial charge on any atom is -0.349 e. The standard InChI is InChI=1S/C20H27N3O3S2/c1-13-8-9-14(19(24)21-15-6-4-2-3-5-7-15)10-16(13)22-20-23-17-11-28(25,26)12-18(17)27-20/h8-10,15,17-18H,2-7,11-12H2,1H3,(H,21,24)(H,22,23)/t17-,18-/m0/s1. The average Bonchev–Trinajstić information content (AvgIpc) is 2.98. The molecule has 1 aliphatic carbocycles. The molecule has 2 atom stereocenters. The number of aliphatic imine (C=N–C) groups is 1. The lowest BCUT2D eigenvalue weighted by Crippen LogP contribution is -2.34. The highest BCUT2D eigenvalue weighted by atomic mass is 32.2. The van der Waals surface area contributed by atoms with E-state index in [1.54, 1.807) is 0 Å². The SMILES string of the molecule is Cc1ccc(C(=O)NC2CCCCCC2)cc1NC1=N[C@H]2CS(=O)(=O)C[C@@H]2S1. The van der Waals surface area contributed by atoms with Gasteiger partial charge in [-0.15, -0.1) is 0 Å². The van der Waals surface area contributed by atoms with E-state index in [-0.39, 0.29) is 34.7 Å². The van der Waals surface area contributed by atoms with Crippen molar-refractivity contribution < 1.29 is 13.2 Å². The van der Waals surface area contributed by atoms with Crippen molar-refractivity contribution in [1.29, 1.82) is 0 Å². The van der Waals surface area contributed by atoms with Gasteiger partial charge in [-0.05, 0) is 37.5 Å². The molecule has 2 fully saturated rings. The van der Waals surface area contributed by atoms with Gasteiger partial charge in [-0.3, -0.25) is 9.79 Å². The molecular weight excluding hydrogens is 394 g/mol. The first-order chi connectivity index (χ1) is 13.4. The van der Waals surface area contributed by atoms with Gasteiger partial charge in [0.2, 0.25) is 0 Å². The number of nitrogens with zero attached hydrogens (tertiary/aromatic N) is 1. The van der Waals surface area contributed by atoms with E-state index in [2.05, 4.69) is 15.6 Å². The topological polar surface area (TPSA) is 87.6 Å². The normalized spacial score (nSPS) is 27.0. The first-order valence-electron chi connectivity index (χ1n) is 10.0. The van der Waals surface area contributed by atoms with Crippen LogP contribution in [0.3, 0.4) is 0 Å². The van der Waals surface area contributed by atoms with Crippen LogP contribution in [0.25, 0.3) is 0 Å². The summed E-state index contributed by atoms with van der Waals surface area (Å²) in [6, 6.07) is 5.78. The lowest BCUT2D eigenvalue weighted by molar-refractivity contribution is 0.0933. The molecule has 152 valence electrons. The van der Waals surface area contributed by atoms with Gasteiger partial charge in [0.05, 0.1) is 17.5 Å². The first kappa shape index (κ1) is 19.8. The number of amidine groups is 1. The van der Waals surface area contributed by atoms with Crippen LogP contribution >= 0.6 is 11.8 Å². The van der Waals surface area contributed by atoms with Gasteiger partial charge in [0.1, 0.15) is 0 Å². The van der Waals surface area contributed by atoms with Crippen molar-refractivity contribution in [2.75, 3.05) is 16.8 Å². The van der Waals surface area contributed by atoms with Gasteiger partial charge < -0.3 is 10.6 Å². The smallest absolute Gasteiger partial charge is 0.251 e. The highest BCUT2D eigenvalue weighted by Crippen LogP contribution is 2.35. The largest absolute Gasteiger partial charge is 0.349 e. The van der Waals surface area contributed by atoms with Gasteiger partial charge in [0.15, 0.2) is 15.0 Å². The van der Waals surface area contributed by atoms with Crippen LogP contribution in [0.4, 0.5) is 5.69 Å². The third-order valence-corrected chi connectivity index (χ3v) is 8.89. The molecule has 1 saturated carbocycles. The molecule has 2 aliphatic heterocycles. The Bertz CT molecular complexity index is 890. The Balaban J connectivity index is 1.43. The summed E-state index contributed by atoms with van der Waals surface area (Å²) in [7, 11) is -2.95. The van der Waals surface area contributed by atoms with Crippen molar-refractivity contribution in [2.45, 2.75) is 62.8 Å². The molecule has 1 aromatic carbocycles. The summed E-state index contributed by atoms with van der Waals surface area (Å²) in [4.78, 5) is 17.3. The number of fused-ring (bicyclic) bond motifs is 1. The summed E-state index contributed by atoms with van der Waals surface area (Å²) >= 11 is 1.49. The second-order valence-electron chi connectivity index (χ2n) is 8.05. The van der Waals surface area contributed by atoms with Gasteiger partial charge in [0.25, 0.3) is 5.91 Å². The third kappa shape index (κ3) is 4.54. The van der Waals surface area contributed by atoms with E-state index in [9.17, 15) is 13.2 Å². The van der Waals surface area contributed by atoms with Gasteiger partial charge in [-0.1, -0.05) is 43.5 Å². The number of rotatable bonds is 3. The molecule has 3 aliphatic rings. The number of sulfone groups is 1. The number of carbonyl (C=O) groups is 1. The Morgan fingerprint density at radius 1 is 1.14 bits per heavy atom. The molecule has 6 nitrogen and oxygen atoms in total. The summed E-state index contributed by atoms with van der Waals surface area (Å²) in [5.74, 6) is 0.303. The van der Waals surface area contributed by atoms with E-state index in [0.717, 1.165) is 29.3 Å². The Hall–Kier alpha value is -1.54. The maximum atomic E-state index is 12.7. The van der Waals surface area contributed by atoms with Crippen molar-refractivity contribution in [3.05, 3.63) is 29.3 Å². The predicted octanol–water partition coefficient (Wildman–Crippen LogP) is 3.13. The van der Waals surface area contributed by atoms with E-state index in [4.69, 9.17) is 0 Å². The molecule has 2 N–H and O–H groups in total. The number of anilines is 1. The van der Waals surface area contributed by atoms with E-state index < -0.39 is 9.84 Å². The van der Waals surface area contributed by atoms with Crippen LogP contribution < -0.4 is 10.6 Å². The molecule has 0 radical (unpaired) electrons. The first-order valence-corrected chi connectivity index (χ1v) is 12.7. The minimum atomic E-state index is -2.95. The fourth-order valence-corrected chi connectivity index (χ4v) is 7.79. The van der Waals surface area contributed by atoms with Crippen LogP contribution in [-0.2, 0) is 9.84 Å². The number of nitrogens with one attached hydrogen (secondary N) is 2. The molecule has 1 saturated heterocycles. The Labute approximate surface area is 170 Å². The van der Waals surface area contributed by atoms with Crippen LogP contribution in [0, 0.1) is 6.92 Å². The highest BCUT2D eigenvalue weighted by Gasteiger charge is 2.42. The third-order valence-electron chi connectivity index (χ3n) is 5.75. The maximum Gasteiger partial charge on any atom is 0.251 e. The number of hydrogen-bond acceptors (Lipinski definition) is 6. The van der Waals surface area contributed by atoms with E-state index in [0.29, 0.717) is 5.56 Å². The van der Waals surface area contributed by atoms with Crippen LogP contribution in [-0.4, -0.2) is 48.3 Å². The van der Waals surface area contributed by atoms with Gasteiger partial charge in [-0.2, -0.15) is 0 Å². The molecule has 2 heterocycles. The molecule has 0 bridgehead atoms. The highest BCUT2D eigenvalue weighted by molar-refractivity contribution is 8.15. The predicted molar refractivity (Wildman–Crippen MR) is 115 cm³/mol. The summed E-state index contributed by atoms with van der Waals surface area (Å²) < 4.78 is 23.4. The molecule has 8 heteroatoms. The molecule has 4 rings (SSSR count). The van der Waals surface area contributed by atoms with Gasteiger partial charge in [0, 0.05) is 22.5 Å². The average molecular weight is 422 g/mol. The quantitative estimate of drug-likeness (QED) is 0.732.